The molecule has 4 aromatic rings. The van der Waals surface area contributed by atoms with Gasteiger partial charge in [-0.25, -0.2) is 5.43 Å². The second-order valence-electron chi connectivity index (χ2n) is 6.55. The van der Waals surface area contributed by atoms with E-state index in [0.29, 0.717) is 16.7 Å². The van der Waals surface area contributed by atoms with Crippen molar-refractivity contribution in [1.82, 2.24) is 30.2 Å². The second kappa shape index (κ2) is 9.77. The van der Waals surface area contributed by atoms with E-state index in [4.69, 9.17) is 0 Å². The highest BCUT2D eigenvalue weighted by molar-refractivity contribution is 7.99. The highest BCUT2D eigenvalue weighted by atomic mass is 32.2. The summed E-state index contributed by atoms with van der Waals surface area (Å²) in [5.41, 5.74) is 6.13. The molecule has 4 rings (SSSR count). The van der Waals surface area contributed by atoms with Gasteiger partial charge in [-0.05, 0) is 43.3 Å². The predicted octanol–water partition coefficient (Wildman–Crippen LogP) is 3.28. The maximum atomic E-state index is 12.2. The molecule has 154 valence electrons. The summed E-state index contributed by atoms with van der Waals surface area (Å²) in [5.74, 6) is 0.573. The van der Waals surface area contributed by atoms with E-state index in [1.165, 1.54) is 18.0 Å². The number of nitrogens with zero attached hydrogens (tertiary/aromatic N) is 6. The van der Waals surface area contributed by atoms with E-state index in [9.17, 15) is 4.79 Å². The Balaban J connectivity index is 1.51. The minimum Gasteiger partial charge on any atom is -0.272 e. The Kier molecular flexibility index (Phi) is 6.44. The Labute approximate surface area is 183 Å². The number of benzene rings is 1. The quantitative estimate of drug-likeness (QED) is 0.275. The molecule has 31 heavy (non-hydrogen) atoms. The first-order valence-corrected chi connectivity index (χ1v) is 10.5. The fourth-order valence-corrected chi connectivity index (χ4v) is 3.51. The second-order valence-corrected chi connectivity index (χ2v) is 7.49. The van der Waals surface area contributed by atoms with Crippen molar-refractivity contribution in [3.63, 3.8) is 0 Å². The molecule has 0 bridgehead atoms. The third-order valence-electron chi connectivity index (χ3n) is 4.27. The minimum absolute atomic E-state index is 0.139. The Morgan fingerprint density at radius 3 is 2.61 bits per heavy atom. The van der Waals surface area contributed by atoms with Crippen LogP contribution in [0.15, 0.2) is 83.4 Å². The van der Waals surface area contributed by atoms with E-state index in [1.807, 2.05) is 60.0 Å². The van der Waals surface area contributed by atoms with Crippen LogP contribution in [-0.2, 0) is 4.79 Å². The summed E-state index contributed by atoms with van der Waals surface area (Å²) in [5, 5.41) is 13.2. The number of pyridine rings is 2. The van der Waals surface area contributed by atoms with Crippen LogP contribution in [0.1, 0.15) is 11.3 Å². The zero-order chi connectivity index (χ0) is 21.5. The first-order valence-electron chi connectivity index (χ1n) is 9.49. The maximum Gasteiger partial charge on any atom is 0.250 e. The van der Waals surface area contributed by atoms with Crippen LogP contribution >= 0.6 is 11.8 Å². The van der Waals surface area contributed by atoms with E-state index in [0.717, 1.165) is 16.8 Å². The number of rotatable bonds is 7. The van der Waals surface area contributed by atoms with E-state index in [1.54, 1.807) is 24.7 Å². The van der Waals surface area contributed by atoms with Gasteiger partial charge in [-0.1, -0.05) is 35.5 Å². The fraction of sp³-hybridized carbons (Fsp3) is 0.0909. The van der Waals surface area contributed by atoms with Gasteiger partial charge in [-0.15, -0.1) is 10.2 Å². The summed E-state index contributed by atoms with van der Waals surface area (Å²) in [6.45, 7) is 2.03. The van der Waals surface area contributed by atoms with Crippen molar-refractivity contribution >= 4 is 23.9 Å². The number of aryl methyl sites for hydroxylation is 1. The average molecular weight is 430 g/mol. The monoisotopic (exact) mass is 429 g/mol. The van der Waals surface area contributed by atoms with Crippen LogP contribution in [-0.4, -0.2) is 42.6 Å². The number of hydrazone groups is 1. The van der Waals surface area contributed by atoms with E-state index >= 15 is 0 Å². The Hall–Kier alpha value is -3.85. The normalized spacial score (nSPS) is 11.0. The molecule has 0 fully saturated rings. The minimum atomic E-state index is -0.249. The molecule has 0 radical (unpaired) electrons. The van der Waals surface area contributed by atoms with Crippen molar-refractivity contribution in [2.45, 2.75) is 12.1 Å². The summed E-state index contributed by atoms with van der Waals surface area (Å²) in [6.07, 6.45) is 6.59. The molecule has 0 atom stereocenters. The van der Waals surface area contributed by atoms with Crippen LogP contribution in [0.3, 0.4) is 0 Å². The first kappa shape index (κ1) is 20.4. The number of aromatic nitrogens is 5. The molecule has 0 aliphatic carbocycles. The zero-order valence-electron chi connectivity index (χ0n) is 16.7. The molecular formula is C22H19N7OS. The lowest BCUT2D eigenvalue weighted by Crippen LogP contribution is -2.20. The van der Waals surface area contributed by atoms with Crippen molar-refractivity contribution in [2.75, 3.05) is 5.75 Å². The topological polar surface area (TPSA) is 98.0 Å². The van der Waals surface area contributed by atoms with Gasteiger partial charge in [0.1, 0.15) is 0 Å². The molecular weight excluding hydrogens is 410 g/mol. The van der Waals surface area contributed by atoms with Gasteiger partial charge >= 0.3 is 0 Å². The molecule has 1 amide bonds. The predicted molar refractivity (Wildman–Crippen MR) is 120 cm³/mol. The maximum absolute atomic E-state index is 12.2. The number of hydrogen-bond donors (Lipinski definition) is 1. The van der Waals surface area contributed by atoms with Crippen LogP contribution in [0.5, 0.6) is 0 Å². The van der Waals surface area contributed by atoms with Crippen molar-refractivity contribution in [3.8, 4) is 17.1 Å². The number of thioether (sulfide) groups is 1. The van der Waals surface area contributed by atoms with Gasteiger partial charge in [-0.2, -0.15) is 5.10 Å². The summed E-state index contributed by atoms with van der Waals surface area (Å²) in [7, 11) is 0. The highest BCUT2D eigenvalue weighted by Gasteiger charge is 2.17. The van der Waals surface area contributed by atoms with Gasteiger partial charge in [0.15, 0.2) is 11.0 Å². The Bertz CT molecular complexity index is 1180. The lowest BCUT2D eigenvalue weighted by molar-refractivity contribution is -0.118. The van der Waals surface area contributed by atoms with Crippen molar-refractivity contribution in [3.05, 3.63) is 84.4 Å². The molecule has 1 N–H and O–H groups in total. The van der Waals surface area contributed by atoms with E-state index in [2.05, 4.69) is 30.7 Å². The van der Waals surface area contributed by atoms with Crippen molar-refractivity contribution in [1.29, 1.82) is 0 Å². The van der Waals surface area contributed by atoms with E-state index in [-0.39, 0.29) is 11.7 Å². The van der Waals surface area contributed by atoms with Gasteiger partial charge < -0.3 is 0 Å². The van der Waals surface area contributed by atoms with Crippen LogP contribution in [0.4, 0.5) is 0 Å². The van der Waals surface area contributed by atoms with Crippen LogP contribution < -0.4 is 5.43 Å². The summed E-state index contributed by atoms with van der Waals surface area (Å²) < 4.78 is 1.93. The lowest BCUT2D eigenvalue weighted by atomic mass is 10.2. The number of carbonyl (C=O) groups excluding carboxylic acids is 1. The summed E-state index contributed by atoms with van der Waals surface area (Å²) in [6, 6.07) is 17.3. The average Bonchev–Trinajstić information content (AvgIpc) is 3.23. The third kappa shape index (κ3) is 5.20. The van der Waals surface area contributed by atoms with E-state index < -0.39 is 0 Å². The Morgan fingerprint density at radius 1 is 1.06 bits per heavy atom. The van der Waals surface area contributed by atoms with Crippen LogP contribution in [0, 0.1) is 6.92 Å². The van der Waals surface area contributed by atoms with Crippen LogP contribution in [0.25, 0.3) is 17.1 Å². The van der Waals surface area contributed by atoms with Gasteiger partial charge in [-0.3, -0.25) is 19.3 Å². The number of hydrogen-bond acceptors (Lipinski definition) is 7. The molecule has 0 spiro atoms. The molecule has 1 aromatic carbocycles. The zero-order valence-corrected chi connectivity index (χ0v) is 17.5. The largest absolute Gasteiger partial charge is 0.272 e. The van der Waals surface area contributed by atoms with Gasteiger partial charge in [0.2, 0.25) is 0 Å². The number of amides is 1. The molecule has 8 nitrogen and oxygen atoms in total. The molecule has 3 aromatic heterocycles. The molecule has 0 aliphatic rings. The first-order chi connectivity index (χ1) is 15.2. The molecule has 3 heterocycles. The molecule has 0 saturated carbocycles. The summed E-state index contributed by atoms with van der Waals surface area (Å²) >= 11 is 1.29. The van der Waals surface area contributed by atoms with Gasteiger partial charge in [0, 0.05) is 29.8 Å². The Morgan fingerprint density at radius 2 is 1.87 bits per heavy atom. The van der Waals surface area contributed by atoms with Crippen molar-refractivity contribution < 1.29 is 4.79 Å². The molecule has 0 aliphatic heterocycles. The highest BCUT2D eigenvalue weighted by Crippen LogP contribution is 2.27. The molecule has 9 heteroatoms. The molecule has 0 saturated heterocycles. The van der Waals surface area contributed by atoms with Gasteiger partial charge in [0.25, 0.3) is 5.91 Å². The fourth-order valence-electron chi connectivity index (χ4n) is 2.76. The SMILES string of the molecule is Cc1ccc(-n2c(SCC(=O)N/N=C/c3ccccn3)nnc2-c2ccncc2)cc1. The van der Waals surface area contributed by atoms with Crippen molar-refractivity contribution in [2.24, 2.45) is 5.10 Å². The summed E-state index contributed by atoms with van der Waals surface area (Å²) in [4.78, 5) is 20.4. The van der Waals surface area contributed by atoms with Gasteiger partial charge in [0.05, 0.1) is 17.7 Å². The van der Waals surface area contributed by atoms with Crippen LogP contribution in [0.2, 0.25) is 0 Å². The lowest BCUT2D eigenvalue weighted by Gasteiger charge is -2.10. The molecule has 0 unspecified atom stereocenters. The third-order valence-corrected chi connectivity index (χ3v) is 5.20. The standard InChI is InChI=1S/C22H19N7OS/c1-16-5-7-19(8-6-16)29-21(17-9-12-23-13-10-17)27-28-22(29)31-15-20(30)26-25-14-18-4-2-3-11-24-18/h2-14H,15H2,1H3,(H,26,30)/b25-14+. The smallest absolute Gasteiger partial charge is 0.250 e. The number of carbonyl (C=O) groups is 1. The number of nitrogens with one attached hydrogen (secondary N) is 1.